The number of halogens is 5. The molecular weight excluding hydrogens is 502 g/mol. The molecule has 0 radical (unpaired) electrons. The molecule has 0 aliphatic carbocycles. The molecule has 0 unspecified atom stereocenters. The van der Waals surface area contributed by atoms with Gasteiger partial charge in [-0.05, 0) is 36.4 Å². The molecule has 0 bridgehead atoms. The van der Waals surface area contributed by atoms with Crippen LogP contribution in [0.25, 0.3) is 27.8 Å². The Morgan fingerprint density at radius 2 is 1.73 bits per heavy atom. The van der Waals surface area contributed by atoms with Gasteiger partial charge in [0.1, 0.15) is 23.1 Å². The molecule has 12 heteroatoms. The summed E-state index contributed by atoms with van der Waals surface area (Å²) in [5.41, 5.74) is -0.166. The fraction of sp³-hybridized carbons (Fsp3) is 0.0476. The van der Waals surface area contributed by atoms with Crippen molar-refractivity contribution in [2.75, 3.05) is 6.26 Å². The molecule has 1 heterocycles. The largest absolute Gasteiger partial charge is 0.268 e. The van der Waals surface area contributed by atoms with E-state index in [-0.39, 0.29) is 22.0 Å². The smallest absolute Gasteiger partial charge is 0.267 e. The lowest BCUT2D eigenvalue weighted by molar-refractivity contribution is 0.0978. The summed E-state index contributed by atoms with van der Waals surface area (Å²) < 4.78 is 68.1. The molecule has 0 aliphatic heterocycles. The first-order chi connectivity index (χ1) is 15.4. The van der Waals surface area contributed by atoms with Crippen LogP contribution >= 0.6 is 23.2 Å². The van der Waals surface area contributed by atoms with E-state index in [0.717, 1.165) is 24.5 Å². The summed E-state index contributed by atoms with van der Waals surface area (Å²) in [5, 5.41) is 4.90. The van der Waals surface area contributed by atoms with E-state index in [1.165, 1.54) is 22.9 Å². The Bertz CT molecular complexity index is 1560. The van der Waals surface area contributed by atoms with E-state index < -0.39 is 38.9 Å². The SMILES string of the molecule is CS(=O)(=O)NC(=O)c1cc(Cl)c(-n2nc(-c3ccc(F)cc3F)c3cc(Cl)ccc32)cc1F. The summed E-state index contributed by atoms with van der Waals surface area (Å²) in [6.07, 6.45) is 0.746. The van der Waals surface area contributed by atoms with E-state index in [2.05, 4.69) is 5.10 Å². The number of rotatable bonds is 4. The molecule has 1 N–H and O–H groups in total. The lowest BCUT2D eigenvalue weighted by atomic mass is 10.1. The van der Waals surface area contributed by atoms with Gasteiger partial charge in [-0.1, -0.05) is 23.2 Å². The molecule has 0 spiro atoms. The number of sulfonamides is 1. The third-order valence-corrected chi connectivity index (χ3v) is 5.71. The van der Waals surface area contributed by atoms with Gasteiger partial charge in [0, 0.05) is 28.1 Å². The van der Waals surface area contributed by atoms with Crippen molar-refractivity contribution in [2.45, 2.75) is 0 Å². The molecule has 1 amide bonds. The van der Waals surface area contributed by atoms with Crippen LogP contribution in [-0.4, -0.2) is 30.4 Å². The van der Waals surface area contributed by atoms with Crippen molar-refractivity contribution in [2.24, 2.45) is 0 Å². The maximum absolute atomic E-state index is 14.8. The van der Waals surface area contributed by atoms with Crippen molar-refractivity contribution in [3.05, 3.63) is 81.6 Å². The maximum atomic E-state index is 14.8. The summed E-state index contributed by atoms with van der Waals surface area (Å²) in [6, 6.07) is 9.41. The van der Waals surface area contributed by atoms with Gasteiger partial charge in [0.15, 0.2) is 0 Å². The van der Waals surface area contributed by atoms with Crippen molar-refractivity contribution in [3.8, 4) is 16.9 Å². The predicted molar refractivity (Wildman–Crippen MR) is 119 cm³/mol. The average Bonchev–Trinajstić information content (AvgIpc) is 3.06. The number of fused-ring (bicyclic) bond motifs is 1. The Hall–Kier alpha value is -3.08. The van der Waals surface area contributed by atoms with Crippen molar-refractivity contribution in [1.29, 1.82) is 0 Å². The molecule has 4 rings (SSSR count). The maximum Gasteiger partial charge on any atom is 0.267 e. The summed E-state index contributed by atoms with van der Waals surface area (Å²) >= 11 is 12.4. The highest BCUT2D eigenvalue weighted by atomic mass is 35.5. The van der Waals surface area contributed by atoms with Crippen molar-refractivity contribution >= 4 is 50.0 Å². The van der Waals surface area contributed by atoms with E-state index in [9.17, 15) is 26.4 Å². The van der Waals surface area contributed by atoms with E-state index in [1.807, 2.05) is 0 Å². The van der Waals surface area contributed by atoms with Crippen LogP contribution in [0.5, 0.6) is 0 Å². The van der Waals surface area contributed by atoms with Gasteiger partial charge in [-0.3, -0.25) is 4.79 Å². The van der Waals surface area contributed by atoms with Gasteiger partial charge < -0.3 is 0 Å². The normalized spacial score (nSPS) is 11.7. The predicted octanol–water partition coefficient (Wildman–Crippen LogP) is 5.11. The monoisotopic (exact) mass is 513 g/mol. The first-order valence-corrected chi connectivity index (χ1v) is 11.7. The third kappa shape index (κ3) is 4.54. The molecule has 4 aromatic rings. The standard InChI is InChI=1S/C21H12Cl2F3N3O3S/c1-33(31,32)28-21(30)13-8-15(23)19(9-17(13)26)29-18-5-2-10(22)6-14(18)20(27-29)12-4-3-11(24)7-16(12)25/h2-9H,1H3,(H,28,30). The summed E-state index contributed by atoms with van der Waals surface area (Å²) in [4.78, 5) is 12.1. The zero-order valence-corrected chi connectivity index (χ0v) is 18.9. The summed E-state index contributed by atoms with van der Waals surface area (Å²) in [5.74, 6) is -3.91. The number of hydrogen-bond acceptors (Lipinski definition) is 4. The molecule has 33 heavy (non-hydrogen) atoms. The van der Waals surface area contributed by atoms with Crippen molar-refractivity contribution in [1.82, 2.24) is 14.5 Å². The highest BCUT2D eigenvalue weighted by molar-refractivity contribution is 7.89. The number of hydrogen-bond donors (Lipinski definition) is 1. The number of carbonyl (C=O) groups is 1. The zero-order valence-electron chi connectivity index (χ0n) is 16.5. The van der Waals surface area contributed by atoms with Gasteiger partial charge in [-0.15, -0.1) is 0 Å². The number of benzene rings is 3. The van der Waals surface area contributed by atoms with Crippen LogP contribution in [-0.2, 0) is 10.0 Å². The Labute approximate surface area is 195 Å². The van der Waals surface area contributed by atoms with Crippen molar-refractivity contribution < 1.29 is 26.4 Å². The quantitative estimate of drug-likeness (QED) is 0.411. The van der Waals surface area contributed by atoms with Crippen LogP contribution in [0, 0.1) is 17.5 Å². The molecule has 6 nitrogen and oxygen atoms in total. The van der Waals surface area contributed by atoms with E-state index in [0.29, 0.717) is 22.0 Å². The Morgan fingerprint density at radius 1 is 1.00 bits per heavy atom. The minimum atomic E-state index is -3.93. The highest BCUT2D eigenvalue weighted by Gasteiger charge is 2.22. The Balaban J connectivity index is 1.92. The Kier molecular flexibility index (Phi) is 5.85. The van der Waals surface area contributed by atoms with Crippen LogP contribution in [0.2, 0.25) is 10.0 Å². The topological polar surface area (TPSA) is 81.1 Å². The van der Waals surface area contributed by atoms with Crippen LogP contribution < -0.4 is 4.72 Å². The van der Waals surface area contributed by atoms with Gasteiger partial charge in [-0.25, -0.2) is 31.0 Å². The van der Waals surface area contributed by atoms with Crippen LogP contribution in [0.1, 0.15) is 10.4 Å². The lowest BCUT2D eigenvalue weighted by Crippen LogP contribution is -2.30. The molecule has 0 fully saturated rings. The Morgan fingerprint density at radius 3 is 2.39 bits per heavy atom. The molecule has 0 atom stereocenters. The first-order valence-electron chi connectivity index (χ1n) is 9.10. The van der Waals surface area contributed by atoms with Gasteiger partial charge in [0.2, 0.25) is 10.0 Å². The van der Waals surface area contributed by atoms with E-state index in [1.54, 1.807) is 10.8 Å². The van der Waals surface area contributed by atoms with Crippen molar-refractivity contribution in [3.63, 3.8) is 0 Å². The number of amides is 1. The summed E-state index contributed by atoms with van der Waals surface area (Å²) in [7, 11) is -3.93. The molecule has 0 saturated heterocycles. The number of nitrogens with zero attached hydrogens (tertiary/aromatic N) is 2. The molecular formula is C21H12Cl2F3N3O3S. The molecule has 170 valence electrons. The van der Waals surface area contributed by atoms with Crippen LogP contribution in [0.4, 0.5) is 13.2 Å². The van der Waals surface area contributed by atoms with Gasteiger partial charge in [-0.2, -0.15) is 5.10 Å². The van der Waals surface area contributed by atoms with E-state index in [4.69, 9.17) is 23.2 Å². The van der Waals surface area contributed by atoms with Gasteiger partial charge >= 0.3 is 0 Å². The molecule has 0 aliphatic rings. The van der Waals surface area contributed by atoms with E-state index >= 15 is 0 Å². The number of carbonyl (C=O) groups excluding carboxylic acids is 1. The third-order valence-electron chi connectivity index (χ3n) is 4.62. The van der Waals surface area contributed by atoms with Gasteiger partial charge in [0.25, 0.3) is 5.91 Å². The average molecular weight is 514 g/mol. The lowest BCUT2D eigenvalue weighted by Gasteiger charge is -2.10. The highest BCUT2D eigenvalue weighted by Crippen LogP contribution is 2.35. The first kappa shape index (κ1) is 23.1. The molecule has 3 aromatic carbocycles. The second-order valence-electron chi connectivity index (χ2n) is 7.03. The number of aromatic nitrogens is 2. The minimum Gasteiger partial charge on any atom is -0.268 e. The fourth-order valence-corrected chi connectivity index (χ4v) is 4.11. The molecule has 0 saturated carbocycles. The molecule has 1 aromatic heterocycles. The minimum absolute atomic E-state index is 0.00818. The number of nitrogens with one attached hydrogen (secondary N) is 1. The fourth-order valence-electron chi connectivity index (χ4n) is 3.25. The second kappa shape index (κ2) is 8.36. The van der Waals surface area contributed by atoms with Crippen LogP contribution in [0.15, 0.2) is 48.5 Å². The zero-order chi connectivity index (χ0) is 24.1. The van der Waals surface area contributed by atoms with Crippen LogP contribution in [0.3, 0.4) is 0 Å². The van der Waals surface area contributed by atoms with Gasteiger partial charge in [0.05, 0.1) is 28.0 Å². The second-order valence-corrected chi connectivity index (χ2v) is 9.62. The summed E-state index contributed by atoms with van der Waals surface area (Å²) in [6.45, 7) is 0.